The lowest BCUT2D eigenvalue weighted by Crippen LogP contribution is -2.61. The zero-order valence-electron chi connectivity index (χ0n) is 48.4. The second kappa shape index (κ2) is 52.6. The van der Waals surface area contributed by atoms with Crippen molar-refractivity contribution in [1.29, 1.82) is 0 Å². The molecule has 0 aromatic rings. The van der Waals surface area contributed by atoms with Crippen molar-refractivity contribution in [3.63, 3.8) is 0 Å². The quantitative estimate of drug-likeness (QED) is 0.0228. The van der Waals surface area contributed by atoms with Crippen LogP contribution >= 0.6 is 0 Å². The first kappa shape index (κ1) is 70.9. The minimum atomic E-state index is -1.92. The van der Waals surface area contributed by atoms with Crippen molar-refractivity contribution >= 4 is 23.9 Å². The van der Waals surface area contributed by atoms with E-state index >= 15 is 0 Å². The Morgan fingerprint density at radius 1 is 0.442 bits per heavy atom. The number of esters is 3. The summed E-state index contributed by atoms with van der Waals surface area (Å²) >= 11 is 0. The predicted molar refractivity (Wildman–Crippen MR) is 312 cm³/mol. The van der Waals surface area contributed by atoms with Gasteiger partial charge in [-0.05, 0) is 83.5 Å². The number of aliphatic hydroxyl groups excluding tert-OH is 2. The summed E-state index contributed by atoms with van der Waals surface area (Å²) in [5, 5.41) is 31.5. The van der Waals surface area contributed by atoms with Crippen LogP contribution in [0.15, 0.2) is 85.1 Å². The standard InChI is InChI=1S/C65H108O12/c1-4-7-10-13-16-19-22-25-27-28-29-30-32-34-36-39-42-45-48-51-57(66)73-54-56(75-58(67)52-49-46-43-40-37-33-24-21-18-15-12-9-6-3)55-74-65-63(61(70)60(69)62(77-65)64(71)72)76-59(68)53-50-47-44-41-38-35-31-26-23-20-17-14-11-8-5-2/h9,12,16,18-19,21,25,27,29-30,33,37,43,46,56,60-63,65,69-70H,4-8,10-11,13-15,17,20,22-24,26,28,31-32,34-36,38-42,44-45,47-55H2,1-3H3,(H,71,72)/b12-9-,19-16-,21-18-,27-25-,30-29-,37-33-,46-43-. The molecule has 1 saturated heterocycles. The molecule has 1 rings (SSSR count). The van der Waals surface area contributed by atoms with Crippen molar-refractivity contribution in [2.75, 3.05) is 13.2 Å². The number of carboxylic acid groups (broad SMARTS) is 1. The Morgan fingerprint density at radius 3 is 1.32 bits per heavy atom. The van der Waals surface area contributed by atoms with Crippen LogP contribution in [-0.2, 0) is 42.9 Å². The van der Waals surface area contributed by atoms with E-state index in [1.807, 2.05) is 12.2 Å². The fourth-order valence-corrected chi connectivity index (χ4v) is 8.80. The molecule has 1 heterocycles. The molecule has 77 heavy (non-hydrogen) atoms. The Balaban J connectivity index is 2.70. The monoisotopic (exact) mass is 1080 g/mol. The maximum Gasteiger partial charge on any atom is 0.335 e. The summed E-state index contributed by atoms with van der Waals surface area (Å²) in [4.78, 5) is 51.1. The second-order valence-electron chi connectivity index (χ2n) is 20.6. The maximum atomic E-state index is 13.1. The molecule has 6 unspecified atom stereocenters. The van der Waals surface area contributed by atoms with E-state index in [1.54, 1.807) is 0 Å². The van der Waals surface area contributed by atoms with Crippen LogP contribution in [0.3, 0.4) is 0 Å². The lowest BCUT2D eigenvalue weighted by atomic mass is 9.98. The fourth-order valence-electron chi connectivity index (χ4n) is 8.80. The minimum Gasteiger partial charge on any atom is -0.479 e. The van der Waals surface area contributed by atoms with Gasteiger partial charge in [0.1, 0.15) is 18.8 Å². The summed E-state index contributed by atoms with van der Waals surface area (Å²) in [6.07, 6.45) is 55.7. The number of carbonyl (C=O) groups is 4. The smallest absolute Gasteiger partial charge is 0.335 e. The van der Waals surface area contributed by atoms with Gasteiger partial charge in [0.2, 0.25) is 0 Å². The number of rotatable bonds is 51. The molecule has 12 heteroatoms. The SMILES string of the molecule is CC/C=C\C/C=C\C/C=C\C/C=C\CCC(=O)OC(COC(=O)CCCCCCCC/C=C\C/C=C\C/C=C\CCCCC)COC1OC(C(=O)O)C(O)C(O)C1OC(=O)CCCCCCCCCCCCCCCCC. The summed E-state index contributed by atoms with van der Waals surface area (Å²) < 4.78 is 28.4. The van der Waals surface area contributed by atoms with Gasteiger partial charge in [-0.2, -0.15) is 0 Å². The fraction of sp³-hybridized carbons (Fsp3) is 0.723. The number of carboxylic acids is 1. The van der Waals surface area contributed by atoms with Gasteiger partial charge in [-0.25, -0.2) is 4.79 Å². The van der Waals surface area contributed by atoms with Gasteiger partial charge in [0.15, 0.2) is 24.6 Å². The number of aliphatic carboxylic acids is 1. The van der Waals surface area contributed by atoms with Gasteiger partial charge in [0.05, 0.1) is 6.61 Å². The molecular formula is C65H108O12. The van der Waals surface area contributed by atoms with E-state index in [1.165, 1.54) is 89.9 Å². The molecule has 0 aromatic heterocycles. The van der Waals surface area contributed by atoms with E-state index < -0.39 is 67.3 Å². The van der Waals surface area contributed by atoms with Gasteiger partial charge in [0, 0.05) is 19.3 Å². The number of carbonyl (C=O) groups excluding carboxylic acids is 3. The summed E-state index contributed by atoms with van der Waals surface area (Å²) in [5.41, 5.74) is 0. The molecule has 6 atom stereocenters. The molecular weight excluding hydrogens is 973 g/mol. The van der Waals surface area contributed by atoms with E-state index in [-0.39, 0.29) is 25.9 Å². The van der Waals surface area contributed by atoms with Gasteiger partial charge in [-0.1, -0.05) is 234 Å². The van der Waals surface area contributed by atoms with Gasteiger partial charge in [-0.15, -0.1) is 0 Å². The van der Waals surface area contributed by atoms with Gasteiger partial charge in [-0.3, -0.25) is 14.4 Å². The van der Waals surface area contributed by atoms with Crippen LogP contribution in [0, 0.1) is 0 Å². The Kier molecular flexibility index (Phi) is 48.4. The normalized spacial score (nSPS) is 18.6. The molecule has 1 fully saturated rings. The van der Waals surface area contributed by atoms with Crippen LogP contribution in [0.1, 0.15) is 252 Å². The Labute approximate surface area is 467 Å². The molecule has 0 aliphatic carbocycles. The first-order valence-corrected chi connectivity index (χ1v) is 30.6. The van der Waals surface area contributed by atoms with E-state index in [2.05, 4.69) is 93.7 Å². The number of unbranched alkanes of at least 4 members (excludes halogenated alkanes) is 23. The van der Waals surface area contributed by atoms with Crippen LogP contribution in [0.25, 0.3) is 0 Å². The molecule has 1 aliphatic heterocycles. The van der Waals surface area contributed by atoms with Crippen molar-refractivity contribution in [3.8, 4) is 0 Å². The summed E-state index contributed by atoms with van der Waals surface area (Å²) in [6.45, 7) is 5.78. The lowest BCUT2D eigenvalue weighted by Gasteiger charge is -2.40. The van der Waals surface area contributed by atoms with Crippen LogP contribution in [0.5, 0.6) is 0 Å². The van der Waals surface area contributed by atoms with Crippen molar-refractivity contribution in [1.82, 2.24) is 0 Å². The van der Waals surface area contributed by atoms with Crippen LogP contribution < -0.4 is 0 Å². The second-order valence-corrected chi connectivity index (χ2v) is 20.6. The van der Waals surface area contributed by atoms with Gasteiger partial charge < -0.3 is 39.0 Å². The Bertz CT molecular complexity index is 1660. The number of allylic oxidation sites excluding steroid dienone is 14. The zero-order valence-corrected chi connectivity index (χ0v) is 48.4. The molecule has 440 valence electrons. The average molecular weight is 1080 g/mol. The number of hydrogen-bond acceptors (Lipinski definition) is 11. The maximum absolute atomic E-state index is 13.1. The van der Waals surface area contributed by atoms with Crippen molar-refractivity contribution in [2.45, 2.75) is 289 Å². The van der Waals surface area contributed by atoms with Crippen molar-refractivity contribution < 1.29 is 58.2 Å². The predicted octanol–water partition coefficient (Wildman–Crippen LogP) is 15.9. The third-order valence-corrected chi connectivity index (χ3v) is 13.5. The third kappa shape index (κ3) is 42.5. The average Bonchev–Trinajstić information content (AvgIpc) is 3.42. The molecule has 0 radical (unpaired) electrons. The first-order valence-electron chi connectivity index (χ1n) is 30.6. The molecule has 0 saturated carbocycles. The van der Waals surface area contributed by atoms with Crippen LogP contribution in [0.2, 0.25) is 0 Å². The molecule has 0 spiro atoms. The highest BCUT2D eigenvalue weighted by Crippen LogP contribution is 2.26. The van der Waals surface area contributed by atoms with Crippen molar-refractivity contribution in [2.24, 2.45) is 0 Å². The third-order valence-electron chi connectivity index (χ3n) is 13.5. The number of aliphatic hydroxyl groups is 2. The number of hydrogen-bond donors (Lipinski definition) is 3. The van der Waals surface area contributed by atoms with E-state index in [0.717, 1.165) is 96.3 Å². The highest BCUT2D eigenvalue weighted by Gasteiger charge is 2.50. The van der Waals surface area contributed by atoms with E-state index in [4.69, 9.17) is 23.7 Å². The highest BCUT2D eigenvalue weighted by atomic mass is 16.7. The molecule has 12 nitrogen and oxygen atoms in total. The summed E-state index contributed by atoms with van der Waals surface area (Å²) in [7, 11) is 0. The largest absolute Gasteiger partial charge is 0.479 e. The Hall–Kier alpha value is -4.10. The molecule has 0 bridgehead atoms. The zero-order chi connectivity index (χ0) is 56.1. The van der Waals surface area contributed by atoms with Gasteiger partial charge >= 0.3 is 23.9 Å². The molecule has 3 N–H and O–H groups in total. The van der Waals surface area contributed by atoms with E-state index in [9.17, 15) is 34.5 Å². The van der Waals surface area contributed by atoms with Gasteiger partial charge in [0.25, 0.3) is 0 Å². The summed E-state index contributed by atoms with van der Waals surface area (Å²) in [6, 6.07) is 0. The number of ether oxygens (including phenoxy) is 5. The molecule has 0 aromatic carbocycles. The topological polar surface area (TPSA) is 175 Å². The van der Waals surface area contributed by atoms with Crippen LogP contribution in [0.4, 0.5) is 0 Å². The van der Waals surface area contributed by atoms with E-state index in [0.29, 0.717) is 25.7 Å². The van der Waals surface area contributed by atoms with Crippen LogP contribution in [-0.4, -0.2) is 89.2 Å². The Morgan fingerprint density at radius 2 is 0.844 bits per heavy atom. The first-order chi connectivity index (χ1) is 37.6. The highest BCUT2D eigenvalue weighted by molar-refractivity contribution is 5.74. The molecule has 0 amide bonds. The minimum absolute atomic E-state index is 0.0368. The summed E-state index contributed by atoms with van der Waals surface area (Å²) in [5.74, 6) is -3.24. The lowest BCUT2D eigenvalue weighted by molar-refractivity contribution is -0.301. The van der Waals surface area contributed by atoms with Crippen molar-refractivity contribution in [3.05, 3.63) is 85.1 Å². The molecule has 1 aliphatic rings.